The van der Waals surface area contributed by atoms with Crippen LogP contribution in [0.2, 0.25) is 0 Å². The predicted octanol–water partition coefficient (Wildman–Crippen LogP) is 1.55. The van der Waals surface area contributed by atoms with Crippen LogP contribution in [0.5, 0.6) is 5.75 Å². The van der Waals surface area contributed by atoms with Gasteiger partial charge in [0, 0.05) is 50.9 Å². The Hall–Kier alpha value is -1.10. The summed E-state index contributed by atoms with van der Waals surface area (Å²) in [5.41, 5.74) is 6.79. The molecule has 0 saturated carbocycles. The molecule has 0 aliphatic carbocycles. The van der Waals surface area contributed by atoms with Gasteiger partial charge in [-0.15, -0.1) is 0 Å². The molecule has 1 heterocycles. The molecule has 0 unspecified atom stereocenters. The van der Waals surface area contributed by atoms with Crippen molar-refractivity contribution in [2.24, 2.45) is 5.73 Å². The zero-order chi connectivity index (χ0) is 14.4. The summed E-state index contributed by atoms with van der Waals surface area (Å²) < 4.78 is 5.87. The molecule has 0 radical (unpaired) electrons. The molecule has 20 heavy (non-hydrogen) atoms. The monoisotopic (exact) mass is 277 g/mol. The summed E-state index contributed by atoms with van der Waals surface area (Å²) >= 11 is 0. The molecule has 1 saturated heterocycles. The number of para-hydroxylation sites is 1. The van der Waals surface area contributed by atoms with Gasteiger partial charge in [0.25, 0.3) is 0 Å². The molecule has 1 aliphatic rings. The smallest absolute Gasteiger partial charge is 0.123 e. The molecule has 4 heteroatoms. The van der Waals surface area contributed by atoms with Crippen LogP contribution in [0.25, 0.3) is 0 Å². The molecule has 2 rings (SSSR count). The lowest BCUT2D eigenvalue weighted by Gasteiger charge is -2.36. The van der Waals surface area contributed by atoms with Crippen LogP contribution in [0.3, 0.4) is 0 Å². The highest BCUT2D eigenvalue weighted by atomic mass is 16.5. The average Bonchev–Trinajstić information content (AvgIpc) is 2.48. The Kier molecular flexibility index (Phi) is 5.83. The van der Waals surface area contributed by atoms with E-state index in [-0.39, 0.29) is 0 Å². The normalized spacial score (nSPS) is 17.6. The summed E-state index contributed by atoms with van der Waals surface area (Å²) in [4.78, 5) is 5.00. The molecule has 2 N–H and O–H groups in total. The number of nitrogens with zero attached hydrogens (tertiary/aromatic N) is 2. The first kappa shape index (κ1) is 15.3. The van der Waals surface area contributed by atoms with Crippen LogP contribution in [0.1, 0.15) is 19.4 Å². The van der Waals surface area contributed by atoms with Crippen molar-refractivity contribution >= 4 is 0 Å². The van der Waals surface area contributed by atoms with E-state index in [1.165, 1.54) is 0 Å². The van der Waals surface area contributed by atoms with E-state index in [0.717, 1.165) is 50.6 Å². The van der Waals surface area contributed by atoms with Crippen LogP contribution in [0, 0.1) is 0 Å². The van der Waals surface area contributed by atoms with E-state index in [9.17, 15) is 0 Å². The molecule has 0 amide bonds. The third kappa shape index (κ3) is 4.20. The molecule has 0 spiro atoms. The summed E-state index contributed by atoms with van der Waals surface area (Å²) in [5.74, 6) is 0.927. The van der Waals surface area contributed by atoms with Crippen LogP contribution in [-0.2, 0) is 6.54 Å². The molecular formula is C16H27N3O. The summed E-state index contributed by atoms with van der Waals surface area (Å²) in [6.07, 6.45) is 0. The second-order valence-electron chi connectivity index (χ2n) is 5.63. The lowest BCUT2D eigenvalue weighted by atomic mass is 10.2. The predicted molar refractivity (Wildman–Crippen MR) is 83.0 cm³/mol. The van der Waals surface area contributed by atoms with Gasteiger partial charge in [0.15, 0.2) is 0 Å². The molecule has 1 aromatic rings. The Balaban J connectivity index is 1.72. The molecule has 1 aliphatic heterocycles. The van der Waals surface area contributed by atoms with E-state index in [2.05, 4.69) is 23.6 Å². The van der Waals surface area contributed by atoms with Crippen molar-refractivity contribution in [3.63, 3.8) is 0 Å². The van der Waals surface area contributed by atoms with Crippen molar-refractivity contribution in [2.45, 2.75) is 26.4 Å². The molecule has 1 aromatic carbocycles. The van der Waals surface area contributed by atoms with E-state index in [4.69, 9.17) is 10.5 Å². The van der Waals surface area contributed by atoms with E-state index in [1.54, 1.807) is 0 Å². The highest BCUT2D eigenvalue weighted by molar-refractivity contribution is 5.32. The Morgan fingerprint density at radius 1 is 1.15 bits per heavy atom. The lowest BCUT2D eigenvalue weighted by Crippen LogP contribution is -2.49. The topological polar surface area (TPSA) is 41.7 Å². The lowest BCUT2D eigenvalue weighted by molar-refractivity contribution is 0.0970. The highest BCUT2D eigenvalue weighted by Gasteiger charge is 2.18. The van der Waals surface area contributed by atoms with Gasteiger partial charge in [0.2, 0.25) is 0 Å². The van der Waals surface area contributed by atoms with Crippen LogP contribution < -0.4 is 10.5 Å². The van der Waals surface area contributed by atoms with Crippen molar-refractivity contribution in [2.75, 3.05) is 39.3 Å². The second kappa shape index (κ2) is 7.62. The SMILES string of the molecule is CC(C)N1CCN(CCOc2ccccc2CN)CC1. The Bertz CT molecular complexity index is 400. The van der Waals surface area contributed by atoms with Gasteiger partial charge in [0.1, 0.15) is 12.4 Å². The second-order valence-corrected chi connectivity index (χ2v) is 5.63. The van der Waals surface area contributed by atoms with E-state index < -0.39 is 0 Å². The summed E-state index contributed by atoms with van der Waals surface area (Å²) in [7, 11) is 0. The molecule has 0 bridgehead atoms. The Morgan fingerprint density at radius 3 is 2.50 bits per heavy atom. The van der Waals surface area contributed by atoms with Crippen molar-refractivity contribution < 1.29 is 4.74 Å². The van der Waals surface area contributed by atoms with Crippen LogP contribution in [0.15, 0.2) is 24.3 Å². The largest absolute Gasteiger partial charge is 0.492 e. The van der Waals surface area contributed by atoms with Crippen LogP contribution in [0.4, 0.5) is 0 Å². The third-order valence-electron chi connectivity index (χ3n) is 3.99. The van der Waals surface area contributed by atoms with E-state index in [1.807, 2.05) is 24.3 Å². The standard InChI is InChI=1S/C16H27N3O/c1-14(2)19-9-7-18(8-10-19)11-12-20-16-6-4-3-5-15(16)13-17/h3-6,14H,7-13,17H2,1-2H3. The summed E-state index contributed by atoms with van der Waals surface area (Å²) in [6, 6.07) is 8.68. The van der Waals surface area contributed by atoms with Gasteiger partial charge in [-0.1, -0.05) is 18.2 Å². The van der Waals surface area contributed by atoms with Gasteiger partial charge in [0.05, 0.1) is 0 Å². The fourth-order valence-electron chi connectivity index (χ4n) is 2.60. The summed E-state index contributed by atoms with van der Waals surface area (Å²) in [6.45, 7) is 11.4. The quantitative estimate of drug-likeness (QED) is 0.856. The number of piperazine rings is 1. The van der Waals surface area contributed by atoms with Crippen LogP contribution >= 0.6 is 0 Å². The number of hydrogen-bond donors (Lipinski definition) is 1. The maximum Gasteiger partial charge on any atom is 0.123 e. The van der Waals surface area contributed by atoms with Gasteiger partial charge in [-0.05, 0) is 19.9 Å². The maximum absolute atomic E-state index is 5.87. The average molecular weight is 277 g/mol. The molecule has 1 fully saturated rings. The number of ether oxygens (including phenoxy) is 1. The van der Waals surface area contributed by atoms with Crippen molar-refractivity contribution in [1.82, 2.24) is 9.80 Å². The minimum atomic E-state index is 0.531. The van der Waals surface area contributed by atoms with Crippen molar-refractivity contribution in [3.8, 4) is 5.75 Å². The number of hydrogen-bond acceptors (Lipinski definition) is 4. The fourth-order valence-corrected chi connectivity index (χ4v) is 2.60. The van der Waals surface area contributed by atoms with Crippen molar-refractivity contribution in [1.29, 1.82) is 0 Å². The van der Waals surface area contributed by atoms with Gasteiger partial charge in [-0.3, -0.25) is 9.80 Å². The number of nitrogens with two attached hydrogens (primary N) is 1. The van der Waals surface area contributed by atoms with Gasteiger partial charge in [-0.2, -0.15) is 0 Å². The maximum atomic E-state index is 5.87. The molecule has 0 aromatic heterocycles. The number of rotatable bonds is 6. The Morgan fingerprint density at radius 2 is 1.85 bits per heavy atom. The summed E-state index contributed by atoms with van der Waals surface area (Å²) in [5, 5.41) is 0. The van der Waals surface area contributed by atoms with Gasteiger partial charge in [-0.25, -0.2) is 0 Å². The van der Waals surface area contributed by atoms with E-state index in [0.29, 0.717) is 12.6 Å². The minimum absolute atomic E-state index is 0.531. The first-order valence-corrected chi connectivity index (χ1v) is 7.58. The van der Waals surface area contributed by atoms with Crippen molar-refractivity contribution in [3.05, 3.63) is 29.8 Å². The van der Waals surface area contributed by atoms with Gasteiger partial charge < -0.3 is 10.5 Å². The van der Waals surface area contributed by atoms with E-state index >= 15 is 0 Å². The highest BCUT2D eigenvalue weighted by Crippen LogP contribution is 2.17. The number of benzene rings is 1. The first-order chi connectivity index (χ1) is 9.70. The molecule has 112 valence electrons. The zero-order valence-electron chi connectivity index (χ0n) is 12.7. The fraction of sp³-hybridized carbons (Fsp3) is 0.625. The third-order valence-corrected chi connectivity index (χ3v) is 3.99. The van der Waals surface area contributed by atoms with Crippen LogP contribution in [-0.4, -0.2) is 55.2 Å². The zero-order valence-corrected chi connectivity index (χ0v) is 12.7. The molecular weight excluding hydrogens is 250 g/mol. The molecule has 4 nitrogen and oxygen atoms in total. The minimum Gasteiger partial charge on any atom is -0.492 e. The van der Waals surface area contributed by atoms with Gasteiger partial charge >= 0.3 is 0 Å². The Labute approximate surface area is 122 Å². The molecule has 0 atom stereocenters. The first-order valence-electron chi connectivity index (χ1n) is 7.58.